The van der Waals surface area contributed by atoms with Crippen molar-refractivity contribution in [1.29, 1.82) is 0 Å². The number of nitrogens with zero attached hydrogens (tertiary/aromatic N) is 4. The second-order valence-electron chi connectivity index (χ2n) is 5.29. The Balaban J connectivity index is 1.86. The molecule has 1 fully saturated rings. The van der Waals surface area contributed by atoms with Gasteiger partial charge < -0.3 is 10.2 Å². The molecule has 1 aliphatic heterocycles. The van der Waals surface area contributed by atoms with Gasteiger partial charge in [0.2, 0.25) is 0 Å². The zero-order valence-corrected chi connectivity index (χ0v) is 12.5. The number of carbonyl (C=O) groups excluding carboxylic acids is 1. The highest BCUT2D eigenvalue weighted by Gasteiger charge is 2.21. The molecule has 0 unspecified atom stereocenters. The number of benzene rings is 1. The van der Waals surface area contributed by atoms with Crippen LogP contribution in [-0.4, -0.2) is 51.7 Å². The first kappa shape index (κ1) is 15.2. The molecule has 0 radical (unpaired) electrons. The number of nitro groups is 1. The van der Waals surface area contributed by atoms with E-state index in [4.69, 9.17) is 0 Å². The number of rotatable bonds is 3. The summed E-state index contributed by atoms with van der Waals surface area (Å²) >= 11 is 0. The fourth-order valence-electron chi connectivity index (χ4n) is 2.60. The molecule has 0 aliphatic carbocycles. The molecule has 1 aliphatic rings. The van der Waals surface area contributed by atoms with Crippen LogP contribution in [0.4, 0.5) is 5.69 Å². The number of hydrogen-bond acceptors (Lipinski definition) is 5. The van der Waals surface area contributed by atoms with Crippen molar-refractivity contribution in [2.45, 2.75) is 6.42 Å². The maximum Gasteiger partial charge on any atom is 0.294 e. The number of nitro benzene ring substituents is 1. The van der Waals surface area contributed by atoms with Crippen molar-refractivity contribution in [3.05, 3.63) is 52.3 Å². The smallest absolute Gasteiger partial charge is 0.294 e. The molecule has 120 valence electrons. The van der Waals surface area contributed by atoms with Gasteiger partial charge >= 0.3 is 0 Å². The molecule has 8 nitrogen and oxygen atoms in total. The lowest BCUT2D eigenvalue weighted by molar-refractivity contribution is -0.384. The third-order valence-electron chi connectivity index (χ3n) is 3.76. The number of hydrogen-bond donors (Lipinski definition) is 1. The molecule has 0 atom stereocenters. The summed E-state index contributed by atoms with van der Waals surface area (Å²) in [6, 6.07) is 7.92. The Morgan fingerprint density at radius 3 is 2.87 bits per heavy atom. The number of para-hydroxylation sites is 2. The van der Waals surface area contributed by atoms with Crippen molar-refractivity contribution in [2.24, 2.45) is 0 Å². The van der Waals surface area contributed by atoms with Gasteiger partial charge in [-0.25, -0.2) is 4.68 Å². The molecule has 1 aromatic carbocycles. The van der Waals surface area contributed by atoms with Gasteiger partial charge in [-0.1, -0.05) is 12.1 Å². The molecule has 1 amide bonds. The summed E-state index contributed by atoms with van der Waals surface area (Å²) < 4.78 is 1.38. The number of carbonyl (C=O) groups is 1. The van der Waals surface area contributed by atoms with Crippen LogP contribution in [-0.2, 0) is 0 Å². The van der Waals surface area contributed by atoms with E-state index in [1.54, 1.807) is 35.4 Å². The normalized spacial score (nSPS) is 15.2. The highest BCUT2D eigenvalue weighted by Crippen LogP contribution is 2.21. The Morgan fingerprint density at radius 2 is 2.04 bits per heavy atom. The van der Waals surface area contributed by atoms with Gasteiger partial charge in [0.25, 0.3) is 11.6 Å². The van der Waals surface area contributed by atoms with Gasteiger partial charge in [-0.3, -0.25) is 14.9 Å². The van der Waals surface area contributed by atoms with E-state index >= 15 is 0 Å². The van der Waals surface area contributed by atoms with Crippen LogP contribution < -0.4 is 5.32 Å². The standard InChI is InChI=1S/C15H17N5O3/c21-15(18-9-3-7-16-8-11-18)12-6-10-19(17-12)13-4-1-2-5-14(13)20(22)23/h1-2,4-6,10,16H,3,7-9,11H2. The second kappa shape index (κ2) is 6.57. The third-order valence-corrected chi connectivity index (χ3v) is 3.76. The highest BCUT2D eigenvalue weighted by molar-refractivity contribution is 5.92. The van der Waals surface area contributed by atoms with Crippen LogP contribution in [0.1, 0.15) is 16.9 Å². The van der Waals surface area contributed by atoms with Crippen LogP contribution in [0.3, 0.4) is 0 Å². The minimum atomic E-state index is -0.459. The lowest BCUT2D eigenvalue weighted by Crippen LogP contribution is -2.34. The van der Waals surface area contributed by atoms with Crippen molar-refractivity contribution >= 4 is 11.6 Å². The average molecular weight is 315 g/mol. The number of nitrogens with one attached hydrogen (secondary N) is 1. The van der Waals surface area contributed by atoms with Crippen LogP contribution in [0.2, 0.25) is 0 Å². The van der Waals surface area contributed by atoms with Crippen molar-refractivity contribution < 1.29 is 9.72 Å². The summed E-state index contributed by atoms with van der Waals surface area (Å²) in [4.78, 5) is 24.9. The molecule has 2 aromatic rings. The first-order valence-electron chi connectivity index (χ1n) is 7.46. The zero-order valence-electron chi connectivity index (χ0n) is 12.5. The van der Waals surface area contributed by atoms with E-state index in [1.165, 1.54) is 10.7 Å². The van der Waals surface area contributed by atoms with E-state index in [9.17, 15) is 14.9 Å². The molecule has 2 heterocycles. The Labute approximate surface area is 132 Å². The van der Waals surface area contributed by atoms with E-state index in [1.807, 2.05) is 0 Å². The number of amides is 1. The number of aromatic nitrogens is 2. The Kier molecular flexibility index (Phi) is 4.33. The van der Waals surface area contributed by atoms with E-state index in [0.717, 1.165) is 19.5 Å². The van der Waals surface area contributed by atoms with Gasteiger partial charge in [-0.05, 0) is 25.1 Å². The van der Waals surface area contributed by atoms with Crippen molar-refractivity contribution in [1.82, 2.24) is 20.0 Å². The highest BCUT2D eigenvalue weighted by atomic mass is 16.6. The summed E-state index contributed by atoms with van der Waals surface area (Å²) in [5, 5.41) is 18.6. The molecule has 8 heteroatoms. The van der Waals surface area contributed by atoms with Gasteiger partial charge in [-0.15, -0.1) is 0 Å². The fourth-order valence-corrected chi connectivity index (χ4v) is 2.60. The average Bonchev–Trinajstić information content (AvgIpc) is 2.89. The molecule has 1 saturated heterocycles. The van der Waals surface area contributed by atoms with E-state index in [0.29, 0.717) is 24.5 Å². The van der Waals surface area contributed by atoms with Crippen molar-refractivity contribution in [3.8, 4) is 5.69 Å². The maximum absolute atomic E-state index is 12.5. The Hall–Kier alpha value is -2.74. The van der Waals surface area contributed by atoms with Crippen LogP contribution in [0.5, 0.6) is 0 Å². The van der Waals surface area contributed by atoms with Crippen LogP contribution in [0.25, 0.3) is 5.69 Å². The third kappa shape index (κ3) is 3.21. The lowest BCUT2D eigenvalue weighted by atomic mass is 10.3. The van der Waals surface area contributed by atoms with Gasteiger partial charge in [0.15, 0.2) is 5.69 Å². The van der Waals surface area contributed by atoms with Gasteiger partial charge in [0.1, 0.15) is 5.69 Å². The van der Waals surface area contributed by atoms with Crippen LogP contribution >= 0.6 is 0 Å². The first-order valence-corrected chi connectivity index (χ1v) is 7.46. The van der Waals surface area contributed by atoms with E-state index in [-0.39, 0.29) is 11.6 Å². The van der Waals surface area contributed by atoms with Crippen molar-refractivity contribution in [3.63, 3.8) is 0 Å². The predicted octanol–water partition coefficient (Wildman–Crippen LogP) is 1.22. The fraction of sp³-hybridized carbons (Fsp3) is 0.333. The van der Waals surface area contributed by atoms with E-state index in [2.05, 4.69) is 10.4 Å². The molecule has 1 N–H and O–H groups in total. The second-order valence-corrected chi connectivity index (χ2v) is 5.29. The Morgan fingerprint density at radius 1 is 1.22 bits per heavy atom. The SMILES string of the molecule is O=C(c1ccn(-c2ccccc2[N+](=O)[O-])n1)N1CCCNCC1. The monoisotopic (exact) mass is 315 g/mol. The summed E-state index contributed by atoms with van der Waals surface area (Å²) in [5.74, 6) is -0.147. The summed E-state index contributed by atoms with van der Waals surface area (Å²) in [6.45, 7) is 2.98. The predicted molar refractivity (Wildman–Crippen MR) is 83.6 cm³/mol. The van der Waals surface area contributed by atoms with Crippen molar-refractivity contribution in [2.75, 3.05) is 26.2 Å². The minimum absolute atomic E-state index is 0.0476. The first-order chi connectivity index (χ1) is 11.2. The zero-order chi connectivity index (χ0) is 16.2. The maximum atomic E-state index is 12.5. The van der Waals surface area contributed by atoms with Gasteiger partial charge in [0.05, 0.1) is 4.92 Å². The largest absolute Gasteiger partial charge is 0.336 e. The molecule has 3 rings (SSSR count). The quantitative estimate of drug-likeness (QED) is 0.679. The molecule has 0 spiro atoms. The summed E-state index contributed by atoms with van der Waals surface area (Å²) in [5.41, 5.74) is 0.590. The topological polar surface area (TPSA) is 93.3 Å². The molecule has 0 bridgehead atoms. The minimum Gasteiger partial charge on any atom is -0.336 e. The van der Waals surface area contributed by atoms with E-state index < -0.39 is 4.92 Å². The van der Waals surface area contributed by atoms with Gasteiger partial charge in [0, 0.05) is 31.9 Å². The molecule has 1 aromatic heterocycles. The van der Waals surface area contributed by atoms with Crippen LogP contribution in [0, 0.1) is 10.1 Å². The molecule has 23 heavy (non-hydrogen) atoms. The lowest BCUT2D eigenvalue weighted by Gasteiger charge is -2.18. The molecule has 0 saturated carbocycles. The summed E-state index contributed by atoms with van der Waals surface area (Å²) in [6.07, 6.45) is 2.47. The van der Waals surface area contributed by atoms with Gasteiger partial charge in [-0.2, -0.15) is 5.10 Å². The van der Waals surface area contributed by atoms with Crippen LogP contribution in [0.15, 0.2) is 36.5 Å². The Bertz CT molecular complexity index is 719. The molecular formula is C15H17N5O3. The molecular weight excluding hydrogens is 298 g/mol. The summed E-state index contributed by atoms with van der Waals surface area (Å²) in [7, 11) is 0.